The number of pyridine rings is 1. The highest BCUT2D eigenvalue weighted by Crippen LogP contribution is 2.43. The lowest BCUT2D eigenvalue weighted by molar-refractivity contribution is -0.896. The summed E-state index contributed by atoms with van der Waals surface area (Å²) in [5.74, 6) is -0.985. The van der Waals surface area contributed by atoms with Gasteiger partial charge in [-0.05, 0) is 51.1 Å². The van der Waals surface area contributed by atoms with Crippen LogP contribution in [0.4, 0.5) is 0 Å². The molecule has 2 aromatic heterocycles. The number of Topliss-reactive ketones (excluding diaryl/α,β-unsaturated/α-hetero) is 1. The van der Waals surface area contributed by atoms with Crippen LogP contribution in [0.25, 0.3) is 11.4 Å². The Kier molecular flexibility index (Phi) is 7.83. The maximum Gasteiger partial charge on any atom is 0.295 e. The Hall–Kier alpha value is -3.85. The molecule has 9 heteroatoms. The van der Waals surface area contributed by atoms with Gasteiger partial charge in [-0.3, -0.25) is 9.59 Å². The summed E-state index contributed by atoms with van der Waals surface area (Å²) < 4.78 is 12.7. The van der Waals surface area contributed by atoms with Crippen molar-refractivity contribution in [3.05, 3.63) is 65.1 Å². The largest absolute Gasteiger partial charge is 0.871 e. The van der Waals surface area contributed by atoms with E-state index in [-0.39, 0.29) is 11.3 Å². The third-order valence-corrected chi connectivity index (χ3v) is 7.11. The smallest absolute Gasteiger partial charge is 0.295 e. The number of nitrogens with zero attached hydrogens (tertiary/aromatic N) is 3. The Morgan fingerprint density at radius 2 is 1.86 bits per heavy atom. The third-order valence-electron chi connectivity index (χ3n) is 7.11. The minimum absolute atomic E-state index is 0.0968. The summed E-state index contributed by atoms with van der Waals surface area (Å²) >= 11 is 0. The second-order valence-corrected chi connectivity index (χ2v) is 9.12. The molecule has 1 unspecified atom stereocenters. The van der Waals surface area contributed by atoms with Gasteiger partial charge in [0.1, 0.15) is 17.1 Å². The first-order valence-corrected chi connectivity index (χ1v) is 12.6. The molecule has 1 N–H and O–H groups in total. The van der Waals surface area contributed by atoms with E-state index in [4.69, 9.17) is 9.47 Å². The van der Waals surface area contributed by atoms with Crippen LogP contribution in [0.1, 0.15) is 43.3 Å². The van der Waals surface area contributed by atoms with E-state index in [0.29, 0.717) is 41.4 Å². The molecule has 196 valence electrons. The van der Waals surface area contributed by atoms with Gasteiger partial charge in [-0.25, -0.2) is 4.98 Å². The van der Waals surface area contributed by atoms with Crippen LogP contribution >= 0.6 is 0 Å². The number of hydrogen-bond acceptors (Lipinski definition) is 6. The molecule has 0 bridgehead atoms. The maximum absolute atomic E-state index is 14.1. The molecule has 4 rings (SSSR count). The van der Waals surface area contributed by atoms with E-state index in [2.05, 4.69) is 18.8 Å². The molecule has 1 amide bonds. The van der Waals surface area contributed by atoms with Crippen LogP contribution in [0, 0.1) is 6.92 Å². The van der Waals surface area contributed by atoms with Crippen molar-refractivity contribution in [1.82, 2.24) is 14.3 Å². The number of rotatable bonds is 10. The standard InChI is InChI=1S/C28H34N4O5/c1-6-30(7-2)14-10-16-32-25(20-17-19(36-4)12-13-21(20)37-5)23(27(34)28(32)35)26(33)24-18(3)29-22-11-8-9-15-31(22)24/h8-9,11-13,15,17,25,33H,6-7,10,14,16H2,1-5H3. The fourth-order valence-corrected chi connectivity index (χ4v) is 5.09. The van der Waals surface area contributed by atoms with Crippen LogP contribution in [-0.2, 0) is 9.59 Å². The minimum atomic E-state index is -0.905. The summed E-state index contributed by atoms with van der Waals surface area (Å²) in [6, 6.07) is 9.70. The number of hydrogen-bond donors (Lipinski definition) is 1. The zero-order chi connectivity index (χ0) is 26.7. The Morgan fingerprint density at radius 1 is 1.11 bits per heavy atom. The number of amides is 1. The third kappa shape index (κ3) is 4.79. The van der Waals surface area contributed by atoms with Gasteiger partial charge < -0.3 is 28.8 Å². The summed E-state index contributed by atoms with van der Waals surface area (Å²) in [7, 11) is 3.06. The summed E-state index contributed by atoms with van der Waals surface area (Å²) in [5, 5.41) is 14.1. The van der Waals surface area contributed by atoms with E-state index in [0.717, 1.165) is 19.6 Å². The first-order chi connectivity index (χ1) is 17.9. The zero-order valence-corrected chi connectivity index (χ0v) is 22.0. The van der Waals surface area contributed by atoms with E-state index in [1.165, 1.54) is 16.9 Å². The predicted molar refractivity (Wildman–Crippen MR) is 137 cm³/mol. The Morgan fingerprint density at radius 3 is 2.54 bits per heavy atom. The van der Waals surface area contributed by atoms with Gasteiger partial charge in [0, 0.05) is 30.3 Å². The van der Waals surface area contributed by atoms with Crippen molar-refractivity contribution >= 4 is 23.1 Å². The lowest BCUT2D eigenvalue weighted by Gasteiger charge is -2.29. The molecule has 1 fully saturated rings. The van der Waals surface area contributed by atoms with E-state index in [1.54, 1.807) is 55.0 Å². The zero-order valence-electron chi connectivity index (χ0n) is 22.0. The van der Waals surface area contributed by atoms with Crippen molar-refractivity contribution in [2.75, 3.05) is 40.4 Å². The van der Waals surface area contributed by atoms with Crippen LogP contribution in [0.3, 0.4) is 0 Å². The van der Waals surface area contributed by atoms with Crippen molar-refractivity contribution in [2.24, 2.45) is 0 Å². The van der Waals surface area contributed by atoms with Gasteiger partial charge in [0.2, 0.25) is 5.78 Å². The number of benzene rings is 1. The predicted octanol–water partition coefficient (Wildman–Crippen LogP) is 1.20. The molecule has 1 atom stereocenters. The number of quaternary nitrogens is 1. The monoisotopic (exact) mass is 506 g/mol. The minimum Gasteiger partial charge on any atom is -0.871 e. The summed E-state index contributed by atoms with van der Waals surface area (Å²) in [6.07, 6.45) is 2.42. The highest BCUT2D eigenvalue weighted by Gasteiger charge is 2.45. The van der Waals surface area contributed by atoms with Crippen LogP contribution in [0.5, 0.6) is 11.5 Å². The highest BCUT2D eigenvalue weighted by atomic mass is 16.5. The molecule has 1 saturated heterocycles. The van der Waals surface area contributed by atoms with Crippen molar-refractivity contribution in [1.29, 1.82) is 0 Å². The summed E-state index contributed by atoms with van der Waals surface area (Å²) in [5.41, 5.74) is 1.79. The van der Waals surface area contributed by atoms with Gasteiger partial charge in [-0.15, -0.1) is 0 Å². The molecule has 1 aliphatic heterocycles. The fourth-order valence-electron chi connectivity index (χ4n) is 5.09. The van der Waals surface area contributed by atoms with E-state index >= 15 is 0 Å². The van der Waals surface area contributed by atoms with Gasteiger partial charge in [0.25, 0.3) is 5.91 Å². The average Bonchev–Trinajstić information content (AvgIpc) is 3.38. The Balaban J connectivity index is 1.89. The van der Waals surface area contributed by atoms with E-state index in [1.807, 2.05) is 6.07 Å². The normalized spacial score (nSPS) is 17.2. The van der Waals surface area contributed by atoms with E-state index in [9.17, 15) is 14.7 Å². The quantitative estimate of drug-likeness (QED) is 0.252. The summed E-state index contributed by atoms with van der Waals surface area (Å²) in [6.45, 7) is 9.10. The van der Waals surface area contributed by atoms with Crippen LogP contribution < -0.4 is 19.5 Å². The van der Waals surface area contributed by atoms with Gasteiger partial charge in [-0.2, -0.15) is 0 Å². The number of ketones is 1. The molecule has 1 aliphatic rings. The molecule has 3 aromatic rings. The SMILES string of the molecule is CC[NH+](CC)CCCN1C(=O)C(=O)C(=C([O-])c2c(C)nc3ccccn23)C1c1cc(OC)ccc1OC. The first kappa shape index (κ1) is 26.2. The molecule has 37 heavy (non-hydrogen) atoms. The van der Waals surface area contributed by atoms with Crippen molar-refractivity contribution in [3.63, 3.8) is 0 Å². The van der Waals surface area contributed by atoms with Gasteiger partial charge in [0.05, 0.1) is 51.3 Å². The fraction of sp³-hybridized carbons (Fsp3) is 0.393. The van der Waals surface area contributed by atoms with Gasteiger partial charge in [-0.1, -0.05) is 11.8 Å². The number of carbonyl (C=O) groups excluding carboxylic acids is 2. The number of nitrogens with one attached hydrogen (secondary N) is 1. The Labute approximate surface area is 216 Å². The summed E-state index contributed by atoms with van der Waals surface area (Å²) in [4.78, 5) is 34.3. The topological polar surface area (TPSA) is 101 Å². The molecular formula is C28H34N4O5. The molecular weight excluding hydrogens is 472 g/mol. The Bertz CT molecular complexity index is 1340. The van der Waals surface area contributed by atoms with E-state index < -0.39 is 23.5 Å². The molecule has 1 aromatic carbocycles. The average molecular weight is 507 g/mol. The number of ether oxygens (including phenoxy) is 2. The number of carbonyl (C=O) groups is 2. The number of aromatic nitrogens is 2. The van der Waals surface area contributed by atoms with Crippen molar-refractivity contribution in [3.8, 4) is 11.5 Å². The second-order valence-electron chi connectivity index (χ2n) is 9.12. The number of methoxy groups -OCH3 is 2. The van der Waals surface area contributed by atoms with Crippen LogP contribution in [0.15, 0.2) is 48.2 Å². The molecule has 0 spiro atoms. The van der Waals surface area contributed by atoms with Crippen LogP contribution in [0.2, 0.25) is 0 Å². The number of imidazole rings is 1. The molecule has 0 radical (unpaired) electrons. The lowest BCUT2D eigenvalue weighted by atomic mass is 9.95. The number of likely N-dealkylation sites (tertiary alicyclic amines) is 1. The highest BCUT2D eigenvalue weighted by molar-refractivity contribution is 6.46. The molecule has 3 heterocycles. The number of fused-ring (bicyclic) bond motifs is 1. The van der Waals surface area contributed by atoms with Gasteiger partial charge >= 0.3 is 0 Å². The molecule has 0 saturated carbocycles. The second kappa shape index (κ2) is 11.0. The van der Waals surface area contributed by atoms with Crippen molar-refractivity contribution < 1.29 is 29.1 Å². The first-order valence-electron chi connectivity index (χ1n) is 12.6. The van der Waals surface area contributed by atoms with Crippen molar-refractivity contribution in [2.45, 2.75) is 33.2 Å². The molecule has 9 nitrogen and oxygen atoms in total. The van der Waals surface area contributed by atoms with Crippen LogP contribution in [-0.4, -0.2) is 66.4 Å². The number of aryl methyl sites for hydroxylation is 1. The molecule has 0 aliphatic carbocycles. The maximum atomic E-state index is 14.1. The van der Waals surface area contributed by atoms with Gasteiger partial charge in [0.15, 0.2) is 0 Å². The lowest BCUT2D eigenvalue weighted by Crippen LogP contribution is -3.11.